The van der Waals surface area contributed by atoms with Crippen molar-refractivity contribution in [3.8, 4) is 0 Å². The van der Waals surface area contributed by atoms with Crippen LogP contribution in [0.2, 0.25) is 0 Å². The van der Waals surface area contributed by atoms with Gasteiger partial charge in [-0.15, -0.1) is 0 Å². The Hall–Kier alpha value is -1.63. The minimum Gasteiger partial charge on any atom is -0.294 e. The third-order valence-electron chi connectivity index (χ3n) is 5.04. The average Bonchev–Trinajstić information content (AvgIpc) is 2.97. The zero-order chi connectivity index (χ0) is 17.3. The first-order chi connectivity index (χ1) is 11.7. The van der Waals surface area contributed by atoms with Crippen LogP contribution in [-0.4, -0.2) is 5.78 Å². The number of rotatable bonds is 11. The zero-order valence-electron chi connectivity index (χ0n) is 15.4. The summed E-state index contributed by atoms with van der Waals surface area (Å²) in [5, 5.41) is 2.41. The Morgan fingerprint density at radius 2 is 1.46 bits per heavy atom. The predicted molar refractivity (Wildman–Crippen MR) is 104 cm³/mol. The van der Waals surface area contributed by atoms with Gasteiger partial charge in [0.25, 0.3) is 0 Å². The van der Waals surface area contributed by atoms with Gasteiger partial charge in [-0.1, -0.05) is 101 Å². The summed E-state index contributed by atoms with van der Waals surface area (Å²) in [5.74, 6) is 0.226. The van der Waals surface area contributed by atoms with Gasteiger partial charge in [0, 0.05) is 0 Å². The number of allylic oxidation sites excluding steroid dienone is 2. The Balaban J connectivity index is 1.93. The molecule has 0 amide bonds. The van der Waals surface area contributed by atoms with E-state index >= 15 is 0 Å². The summed E-state index contributed by atoms with van der Waals surface area (Å²) in [7, 11) is 0. The third kappa shape index (κ3) is 4.93. The van der Waals surface area contributed by atoms with Gasteiger partial charge < -0.3 is 0 Å². The maximum Gasteiger partial charge on any atom is 0.169 e. The first kappa shape index (κ1) is 18.7. The molecule has 1 aromatic rings. The highest BCUT2D eigenvalue weighted by atomic mass is 16.1. The lowest BCUT2D eigenvalue weighted by Gasteiger charge is -2.22. The van der Waals surface area contributed by atoms with Crippen molar-refractivity contribution in [1.29, 1.82) is 0 Å². The highest BCUT2D eigenvalue weighted by molar-refractivity contribution is 6.05. The molecule has 0 N–H and O–H groups in total. The molecular weight excluding hydrogens is 292 g/mol. The second kappa shape index (κ2) is 9.61. The fraction of sp³-hybridized carbons (Fsp3) is 0.522. The summed E-state index contributed by atoms with van der Waals surface area (Å²) in [6, 6.07) is 8.33. The quantitative estimate of drug-likeness (QED) is 0.417. The van der Waals surface area contributed by atoms with E-state index in [2.05, 4.69) is 43.3 Å². The van der Waals surface area contributed by atoms with E-state index in [0.717, 1.165) is 12.8 Å². The molecule has 1 nitrogen and oxygen atoms in total. The van der Waals surface area contributed by atoms with Crippen LogP contribution >= 0.6 is 0 Å². The van der Waals surface area contributed by atoms with Crippen LogP contribution < -0.4 is 10.4 Å². The van der Waals surface area contributed by atoms with Gasteiger partial charge in [0.1, 0.15) is 0 Å². The van der Waals surface area contributed by atoms with Crippen molar-refractivity contribution in [3.05, 3.63) is 46.9 Å². The summed E-state index contributed by atoms with van der Waals surface area (Å²) in [6.45, 7) is 4.18. The lowest BCUT2D eigenvalue weighted by Crippen LogP contribution is -2.24. The molecule has 2 rings (SSSR count). The molecule has 0 atom stereocenters. The van der Waals surface area contributed by atoms with E-state index in [9.17, 15) is 4.79 Å². The maximum atomic E-state index is 12.7. The molecule has 0 saturated carbocycles. The van der Waals surface area contributed by atoms with E-state index < -0.39 is 5.41 Å². The molecule has 0 aromatic heterocycles. The van der Waals surface area contributed by atoms with Gasteiger partial charge >= 0.3 is 0 Å². The van der Waals surface area contributed by atoms with E-state index in [-0.39, 0.29) is 5.78 Å². The fourth-order valence-corrected chi connectivity index (χ4v) is 3.64. The highest BCUT2D eigenvalue weighted by Crippen LogP contribution is 2.33. The van der Waals surface area contributed by atoms with Crippen LogP contribution in [0.5, 0.6) is 0 Å². The normalized spacial score (nSPS) is 15.1. The Morgan fingerprint density at radius 3 is 2.00 bits per heavy atom. The molecule has 1 heteroatoms. The number of hydrogen-bond acceptors (Lipinski definition) is 1. The van der Waals surface area contributed by atoms with Crippen LogP contribution in [0.1, 0.15) is 71.6 Å². The van der Waals surface area contributed by atoms with E-state index in [0.29, 0.717) is 0 Å². The van der Waals surface area contributed by atoms with Crippen LogP contribution in [0.25, 0.3) is 12.2 Å². The molecule has 1 aliphatic rings. The summed E-state index contributed by atoms with van der Waals surface area (Å²) in [4.78, 5) is 12.7. The summed E-state index contributed by atoms with van der Waals surface area (Å²) in [6.07, 6.45) is 19.3. The van der Waals surface area contributed by atoms with E-state index in [4.69, 9.17) is 0 Å². The number of hydrogen-bond donors (Lipinski definition) is 0. The van der Waals surface area contributed by atoms with E-state index in [1.165, 1.54) is 55.4 Å². The molecule has 0 aliphatic heterocycles. The third-order valence-corrected chi connectivity index (χ3v) is 5.04. The molecular formula is C23H32O. The van der Waals surface area contributed by atoms with Gasteiger partial charge in [-0.25, -0.2) is 0 Å². The molecule has 0 radical (unpaired) electrons. The molecule has 1 aromatic carbocycles. The lowest BCUT2D eigenvalue weighted by atomic mass is 9.79. The smallest absolute Gasteiger partial charge is 0.169 e. The minimum atomic E-state index is -0.418. The number of carbonyl (C=O) groups is 1. The van der Waals surface area contributed by atoms with Gasteiger partial charge in [0.15, 0.2) is 5.78 Å². The number of benzene rings is 1. The fourth-order valence-electron chi connectivity index (χ4n) is 3.64. The second-order valence-corrected chi connectivity index (χ2v) is 7.05. The van der Waals surface area contributed by atoms with Gasteiger partial charge in [-0.2, -0.15) is 0 Å². The first-order valence-corrected chi connectivity index (χ1v) is 9.70. The van der Waals surface area contributed by atoms with Crippen molar-refractivity contribution in [3.63, 3.8) is 0 Å². The molecule has 0 bridgehead atoms. The average molecular weight is 325 g/mol. The van der Waals surface area contributed by atoms with Crippen LogP contribution in [0, 0.1) is 5.41 Å². The first-order valence-electron chi connectivity index (χ1n) is 9.70. The van der Waals surface area contributed by atoms with Crippen molar-refractivity contribution >= 4 is 17.9 Å². The van der Waals surface area contributed by atoms with Crippen molar-refractivity contribution in [2.45, 2.75) is 71.6 Å². The topological polar surface area (TPSA) is 17.1 Å². The van der Waals surface area contributed by atoms with E-state index in [1.54, 1.807) is 6.08 Å². The van der Waals surface area contributed by atoms with Crippen LogP contribution in [0.15, 0.2) is 36.4 Å². The zero-order valence-corrected chi connectivity index (χ0v) is 15.4. The monoisotopic (exact) mass is 324 g/mol. The predicted octanol–water partition coefficient (Wildman–Crippen LogP) is 4.92. The Kier molecular flexibility index (Phi) is 7.49. The Morgan fingerprint density at radius 1 is 0.917 bits per heavy atom. The molecule has 0 saturated heterocycles. The van der Waals surface area contributed by atoms with Crippen LogP contribution in [0.4, 0.5) is 0 Å². The minimum absolute atomic E-state index is 0.226. The number of ketones is 1. The van der Waals surface area contributed by atoms with Gasteiger partial charge in [-0.05, 0) is 29.9 Å². The maximum absolute atomic E-state index is 12.7. The Labute approximate surface area is 147 Å². The van der Waals surface area contributed by atoms with Crippen LogP contribution in [-0.2, 0) is 4.79 Å². The summed E-state index contributed by atoms with van der Waals surface area (Å²) in [5.41, 5.74) is -0.418. The molecule has 1 aliphatic carbocycles. The number of carbonyl (C=O) groups excluding carboxylic acids is 1. The van der Waals surface area contributed by atoms with Crippen LogP contribution in [0.3, 0.4) is 0 Å². The van der Waals surface area contributed by atoms with Gasteiger partial charge in [-0.3, -0.25) is 4.79 Å². The molecule has 24 heavy (non-hydrogen) atoms. The number of fused-ring (bicyclic) bond motifs is 1. The molecule has 130 valence electrons. The standard InChI is InChI=1S/C23H32O/c1-3-5-6-7-8-9-10-13-17-23(22(24)14-4-2)18-20-15-11-12-16-21(20)19-23/h4,11-12,14-16,18-19H,3,5-10,13,17H2,1-2H3/b14-4+. The van der Waals surface area contributed by atoms with Gasteiger partial charge in [0.05, 0.1) is 5.41 Å². The van der Waals surface area contributed by atoms with Gasteiger partial charge in [0.2, 0.25) is 0 Å². The number of unbranched alkanes of at least 4 members (excludes halogenated alkanes) is 7. The van der Waals surface area contributed by atoms with Crippen molar-refractivity contribution < 1.29 is 4.79 Å². The SMILES string of the molecule is C/C=C/C(=O)C1(CCCCCCCCCC)C=c2ccccc2=C1. The second-order valence-electron chi connectivity index (χ2n) is 7.05. The molecule has 0 fully saturated rings. The van der Waals surface area contributed by atoms with Crippen molar-refractivity contribution in [2.75, 3.05) is 0 Å². The highest BCUT2D eigenvalue weighted by Gasteiger charge is 2.33. The van der Waals surface area contributed by atoms with E-state index in [1.807, 2.05) is 13.0 Å². The summed E-state index contributed by atoms with van der Waals surface area (Å²) < 4.78 is 0. The van der Waals surface area contributed by atoms with Crippen molar-refractivity contribution in [2.24, 2.45) is 5.41 Å². The molecule has 0 spiro atoms. The lowest BCUT2D eigenvalue weighted by molar-refractivity contribution is -0.118. The molecule has 0 heterocycles. The molecule has 0 unspecified atom stereocenters. The summed E-state index contributed by atoms with van der Waals surface area (Å²) >= 11 is 0. The van der Waals surface area contributed by atoms with Crippen molar-refractivity contribution in [1.82, 2.24) is 0 Å². The Bertz CT molecular complexity index is 631. The largest absolute Gasteiger partial charge is 0.294 e.